The predicted octanol–water partition coefficient (Wildman–Crippen LogP) is 1.16. The molecule has 2 amide bonds. The average Bonchev–Trinajstić information content (AvgIpc) is 3.15. The minimum atomic E-state index is -0.114. The van der Waals surface area contributed by atoms with Gasteiger partial charge in [-0.2, -0.15) is 0 Å². The second kappa shape index (κ2) is 10.7. The van der Waals surface area contributed by atoms with Crippen LogP contribution in [0.25, 0.3) is 0 Å². The van der Waals surface area contributed by atoms with Crippen molar-refractivity contribution in [3.05, 3.63) is 29.8 Å². The number of rotatable bonds is 10. The zero-order valence-electron chi connectivity index (χ0n) is 14.7. The van der Waals surface area contributed by atoms with E-state index >= 15 is 0 Å². The summed E-state index contributed by atoms with van der Waals surface area (Å²) in [4.78, 5) is 23.8. The highest BCUT2D eigenvalue weighted by molar-refractivity contribution is 5.94. The van der Waals surface area contributed by atoms with Crippen LogP contribution in [0.2, 0.25) is 0 Å². The van der Waals surface area contributed by atoms with Crippen LogP contribution in [0, 0.1) is 0 Å². The van der Waals surface area contributed by atoms with Gasteiger partial charge in [0.1, 0.15) is 0 Å². The van der Waals surface area contributed by atoms with Crippen LogP contribution in [0.5, 0.6) is 0 Å². The molecule has 7 heteroatoms. The number of ether oxygens (including phenoxy) is 2. The molecule has 1 aliphatic heterocycles. The highest BCUT2D eigenvalue weighted by Crippen LogP contribution is 2.11. The smallest absolute Gasteiger partial charge is 0.251 e. The summed E-state index contributed by atoms with van der Waals surface area (Å²) < 4.78 is 10.4. The van der Waals surface area contributed by atoms with Crippen LogP contribution in [0.4, 0.5) is 5.69 Å². The van der Waals surface area contributed by atoms with Gasteiger partial charge in [-0.15, -0.1) is 0 Å². The van der Waals surface area contributed by atoms with Crippen LogP contribution in [0.1, 0.15) is 29.6 Å². The number of benzene rings is 1. The molecule has 1 heterocycles. The van der Waals surface area contributed by atoms with Crippen LogP contribution >= 0.6 is 0 Å². The number of methoxy groups -OCH3 is 1. The minimum Gasteiger partial charge on any atom is -0.385 e. The average molecular weight is 349 g/mol. The number of hydrogen-bond acceptors (Lipinski definition) is 5. The molecule has 3 N–H and O–H groups in total. The number of carbonyl (C=O) groups is 2. The van der Waals surface area contributed by atoms with Gasteiger partial charge >= 0.3 is 0 Å². The molecule has 1 unspecified atom stereocenters. The van der Waals surface area contributed by atoms with Crippen molar-refractivity contribution in [3.8, 4) is 0 Å². The van der Waals surface area contributed by atoms with Gasteiger partial charge in [-0.25, -0.2) is 0 Å². The normalized spacial score (nSPS) is 16.4. The Balaban J connectivity index is 1.66. The quantitative estimate of drug-likeness (QED) is 0.552. The molecule has 0 aromatic heterocycles. The molecule has 1 fully saturated rings. The van der Waals surface area contributed by atoms with E-state index < -0.39 is 0 Å². The van der Waals surface area contributed by atoms with Gasteiger partial charge in [0, 0.05) is 44.7 Å². The van der Waals surface area contributed by atoms with E-state index in [-0.39, 0.29) is 24.5 Å². The van der Waals surface area contributed by atoms with Crippen molar-refractivity contribution in [1.82, 2.24) is 10.6 Å². The monoisotopic (exact) mass is 349 g/mol. The van der Waals surface area contributed by atoms with Crippen LogP contribution in [-0.4, -0.2) is 57.9 Å². The van der Waals surface area contributed by atoms with Crippen molar-refractivity contribution < 1.29 is 19.1 Å². The van der Waals surface area contributed by atoms with Gasteiger partial charge < -0.3 is 25.4 Å². The van der Waals surface area contributed by atoms with E-state index in [2.05, 4.69) is 16.0 Å². The van der Waals surface area contributed by atoms with Crippen molar-refractivity contribution in [2.75, 3.05) is 45.3 Å². The van der Waals surface area contributed by atoms with Gasteiger partial charge in [-0.3, -0.25) is 9.59 Å². The first-order chi connectivity index (χ1) is 12.2. The van der Waals surface area contributed by atoms with Crippen LogP contribution in [0.15, 0.2) is 24.3 Å². The molecule has 0 bridgehead atoms. The van der Waals surface area contributed by atoms with Crippen molar-refractivity contribution in [3.63, 3.8) is 0 Å². The maximum atomic E-state index is 11.9. The van der Waals surface area contributed by atoms with Gasteiger partial charge in [-0.05, 0) is 43.5 Å². The Morgan fingerprint density at radius 3 is 2.72 bits per heavy atom. The second-order valence-corrected chi connectivity index (χ2v) is 5.97. The lowest BCUT2D eigenvalue weighted by Gasteiger charge is -2.12. The predicted molar refractivity (Wildman–Crippen MR) is 95.7 cm³/mol. The first-order valence-corrected chi connectivity index (χ1v) is 8.68. The van der Waals surface area contributed by atoms with E-state index in [0.717, 1.165) is 31.6 Å². The number of nitrogens with one attached hydrogen (secondary N) is 3. The zero-order chi connectivity index (χ0) is 17.9. The lowest BCUT2D eigenvalue weighted by atomic mass is 10.2. The summed E-state index contributed by atoms with van der Waals surface area (Å²) in [5.41, 5.74) is 1.38. The lowest BCUT2D eigenvalue weighted by Crippen LogP contribution is -2.35. The Hall–Kier alpha value is -2.12. The topological polar surface area (TPSA) is 88.7 Å². The summed E-state index contributed by atoms with van der Waals surface area (Å²) in [7, 11) is 1.64. The third kappa shape index (κ3) is 7.11. The van der Waals surface area contributed by atoms with Crippen molar-refractivity contribution in [2.24, 2.45) is 0 Å². The first-order valence-electron chi connectivity index (χ1n) is 8.68. The molecule has 1 atom stereocenters. The molecule has 1 aliphatic rings. The minimum absolute atomic E-state index is 0.0736. The summed E-state index contributed by atoms with van der Waals surface area (Å²) in [6.07, 6.45) is 2.99. The summed E-state index contributed by atoms with van der Waals surface area (Å²) in [5, 5.41) is 8.73. The number of anilines is 1. The van der Waals surface area contributed by atoms with E-state index in [1.807, 2.05) is 0 Å². The summed E-state index contributed by atoms with van der Waals surface area (Å²) in [5.74, 6) is -0.188. The molecular formula is C18H27N3O4. The van der Waals surface area contributed by atoms with Crippen LogP contribution in [-0.2, 0) is 14.3 Å². The molecule has 0 saturated carbocycles. The lowest BCUT2D eigenvalue weighted by molar-refractivity contribution is -0.119. The molecule has 25 heavy (non-hydrogen) atoms. The van der Waals surface area contributed by atoms with Crippen molar-refractivity contribution in [1.29, 1.82) is 0 Å². The molecular weight excluding hydrogens is 322 g/mol. The van der Waals surface area contributed by atoms with Crippen molar-refractivity contribution in [2.45, 2.75) is 25.4 Å². The Labute approximate surface area is 148 Å². The highest BCUT2D eigenvalue weighted by atomic mass is 16.5. The Morgan fingerprint density at radius 2 is 2.04 bits per heavy atom. The van der Waals surface area contributed by atoms with Crippen LogP contribution in [0.3, 0.4) is 0 Å². The Morgan fingerprint density at radius 1 is 1.24 bits per heavy atom. The SMILES string of the molecule is COCCCNC(=O)c1ccc(NCC(=O)NCC2CCCO2)cc1. The van der Waals surface area contributed by atoms with E-state index in [1.165, 1.54) is 0 Å². The maximum Gasteiger partial charge on any atom is 0.251 e. The number of hydrogen-bond donors (Lipinski definition) is 3. The third-order valence-corrected chi connectivity index (χ3v) is 3.96. The Bertz CT molecular complexity index is 542. The zero-order valence-corrected chi connectivity index (χ0v) is 14.7. The molecule has 1 aromatic rings. The molecule has 1 saturated heterocycles. The standard InChI is InChI=1S/C18H27N3O4/c1-24-10-3-9-19-18(23)14-5-7-15(8-6-14)20-13-17(22)21-12-16-4-2-11-25-16/h5-8,16,20H,2-4,9-13H2,1H3,(H,19,23)(H,21,22). The largest absolute Gasteiger partial charge is 0.385 e. The molecule has 0 aliphatic carbocycles. The van der Waals surface area contributed by atoms with Gasteiger partial charge in [0.15, 0.2) is 0 Å². The molecule has 7 nitrogen and oxygen atoms in total. The van der Waals surface area contributed by atoms with Crippen LogP contribution < -0.4 is 16.0 Å². The van der Waals surface area contributed by atoms with Gasteiger partial charge in [0.2, 0.25) is 5.91 Å². The fraction of sp³-hybridized carbons (Fsp3) is 0.556. The fourth-order valence-electron chi connectivity index (χ4n) is 2.54. The van der Waals surface area contributed by atoms with Crippen molar-refractivity contribution >= 4 is 17.5 Å². The molecule has 2 rings (SSSR count). The van der Waals surface area contributed by atoms with Gasteiger partial charge in [-0.1, -0.05) is 0 Å². The van der Waals surface area contributed by atoms with E-state index in [1.54, 1.807) is 31.4 Å². The summed E-state index contributed by atoms with van der Waals surface area (Å²) >= 11 is 0. The number of carbonyl (C=O) groups excluding carboxylic acids is 2. The highest BCUT2D eigenvalue weighted by Gasteiger charge is 2.15. The second-order valence-electron chi connectivity index (χ2n) is 5.97. The van der Waals surface area contributed by atoms with E-state index in [9.17, 15) is 9.59 Å². The Kier molecular flexibility index (Phi) is 8.21. The third-order valence-electron chi connectivity index (χ3n) is 3.96. The molecule has 1 aromatic carbocycles. The molecule has 138 valence electrons. The number of amides is 2. The summed E-state index contributed by atoms with van der Waals surface area (Å²) in [6.45, 7) is 2.73. The molecule has 0 radical (unpaired) electrons. The first kappa shape index (κ1) is 19.2. The molecule has 0 spiro atoms. The maximum absolute atomic E-state index is 11.9. The summed E-state index contributed by atoms with van der Waals surface area (Å²) in [6, 6.07) is 7.05. The van der Waals surface area contributed by atoms with E-state index in [4.69, 9.17) is 9.47 Å². The fourth-order valence-corrected chi connectivity index (χ4v) is 2.54. The van der Waals surface area contributed by atoms with Gasteiger partial charge in [0.05, 0.1) is 12.6 Å². The van der Waals surface area contributed by atoms with E-state index in [0.29, 0.717) is 25.3 Å². The van der Waals surface area contributed by atoms with Gasteiger partial charge in [0.25, 0.3) is 5.91 Å².